The monoisotopic (exact) mass is 398 g/mol. The van der Waals surface area contributed by atoms with Gasteiger partial charge in [0, 0.05) is 0 Å². The molecule has 0 spiro atoms. The predicted molar refractivity (Wildman–Crippen MR) is 104 cm³/mol. The smallest absolute Gasteiger partial charge is 0.393 e. The number of para-hydroxylation sites is 2. The summed E-state index contributed by atoms with van der Waals surface area (Å²) in [4.78, 5) is 16.9. The lowest BCUT2D eigenvalue weighted by atomic mass is 10.2. The van der Waals surface area contributed by atoms with E-state index in [1.165, 1.54) is 0 Å². The van der Waals surface area contributed by atoms with Gasteiger partial charge in [-0.25, -0.2) is 9.36 Å². The van der Waals surface area contributed by atoms with Crippen molar-refractivity contribution >= 4 is 13.8 Å². The Bertz CT molecular complexity index is 951. The van der Waals surface area contributed by atoms with Gasteiger partial charge in [-0.1, -0.05) is 54.6 Å². The van der Waals surface area contributed by atoms with Crippen LogP contribution in [0.2, 0.25) is 0 Å². The van der Waals surface area contributed by atoms with Crippen molar-refractivity contribution in [1.82, 2.24) is 0 Å². The number of hydrogen-bond acceptors (Lipinski definition) is 6. The Hall–Kier alpha value is -3.08. The third kappa shape index (κ3) is 5.00. The molecule has 0 unspecified atom stereocenters. The third-order valence-electron chi connectivity index (χ3n) is 3.82. The Kier molecular flexibility index (Phi) is 6.14. The minimum absolute atomic E-state index is 0.237. The van der Waals surface area contributed by atoms with Gasteiger partial charge in [0.2, 0.25) is 0 Å². The lowest BCUT2D eigenvalue weighted by Gasteiger charge is -2.19. The summed E-state index contributed by atoms with van der Waals surface area (Å²) in [7, 11) is -4.33. The second-order valence-electron chi connectivity index (χ2n) is 5.97. The molecule has 0 bridgehead atoms. The highest BCUT2D eigenvalue weighted by Gasteiger charge is 2.35. The van der Waals surface area contributed by atoms with Crippen molar-refractivity contribution < 1.29 is 28.0 Å². The maximum atomic E-state index is 13.2. The molecule has 0 aliphatic heterocycles. The van der Waals surface area contributed by atoms with E-state index in [0.717, 1.165) is 0 Å². The van der Waals surface area contributed by atoms with E-state index in [1.807, 2.05) is 12.1 Å². The van der Waals surface area contributed by atoms with Gasteiger partial charge in [0.15, 0.2) is 0 Å². The van der Waals surface area contributed by atoms with E-state index in [2.05, 4.69) is 0 Å². The molecule has 3 aromatic rings. The molecular weight excluding hydrogens is 379 g/mol. The first-order valence-corrected chi connectivity index (χ1v) is 9.99. The van der Waals surface area contributed by atoms with Crippen molar-refractivity contribution in [1.29, 1.82) is 0 Å². The highest BCUT2D eigenvalue weighted by atomic mass is 31.2. The molecule has 0 N–H and O–H groups in total. The van der Waals surface area contributed by atoms with Gasteiger partial charge in [-0.15, -0.1) is 0 Å². The molecule has 0 heterocycles. The fourth-order valence-electron chi connectivity index (χ4n) is 2.31. The lowest BCUT2D eigenvalue weighted by Crippen LogP contribution is -2.11. The molecule has 0 aromatic heterocycles. The summed E-state index contributed by atoms with van der Waals surface area (Å²) in [5.74, 6) is -0.243. The predicted octanol–water partition coefficient (Wildman–Crippen LogP) is 5.66. The highest BCUT2D eigenvalue weighted by molar-refractivity contribution is 7.49. The summed E-state index contributed by atoms with van der Waals surface area (Å²) in [6.07, 6.45) is 0. The molecule has 6 nitrogen and oxygen atoms in total. The average Bonchev–Trinajstić information content (AvgIpc) is 2.70. The van der Waals surface area contributed by atoms with E-state index < -0.39 is 13.8 Å². The highest BCUT2D eigenvalue weighted by Crippen LogP contribution is 2.51. The number of aryl methyl sites for hydroxylation is 2. The van der Waals surface area contributed by atoms with Crippen molar-refractivity contribution in [2.75, 3.05) is 0 Å². The van der Waals surface area contributed by atoms with Gasteiger partial charge in [-0.05, 0) is 53.9 Å². The van der Waals surface area contributed by atoms with Gasteiger partial charge in [-0.2, -0.15) is 0 Å². The summed E-state index contributed by atoms with van der Waals surface area (Å²) >= 11 is 0. The van der Waals surface area contributed by atoms with Crippen LogP contribution < -0.4 is 9.05 Å². The van der Waals surface area contributed by atoms with E-state index in [-0.39, 0.29) is 17.1 Å². The number of carbonyl (C=O) groups excluding carboxylic acids is 1. The zero-order valence-electron chi connectivity index (χ0n) is 15.4. The first-order valence-electron chi connectivity index (χ1n) is 8.53. The van der Waals surface area contributed by atoms with Crippen LogP contribution >= 0.6 is 7.82 Å². The normalized spacial score (nSPS) is 10.9. The molecule has 0 atom stereocenters. The van der Waals surface area contributed by atoms with Crippen LogP contribution in [0.15, 0.2) is 78.9 Å². The maximum Gasteiger partial charge on any atom is 0.625 e. The Morgan fingerprint density at radius 3 is 1.68 bits per heavy atom. The van der Waals surface area contributed by atoms with Gasteiger partial charge in [0.25, 0.3) is 0 Å². The van der Waals surface area contributed by atoms with E-state index >= 15 is 0 Å². The molecule has 3 aromatic carbocycles. The number of hydrogen-bond donors (Lipinski definition) is 0. The number of rotatable bonds is 7. The Morgan fingerprint density at radius 2 is 1.18 bits per heavy atom. The average molecular weight is 398 g/mol. The Labute approximate surface area is 163 Å². The molecule has 7 heteroatoms. The fraction of sp³-hybridized carbons (Fsp3) is 0.0952. The molecule has 0 saturated carbocycles. The molecule has 0 radical (unpaired) electrons. The van der Waals surface area contributed by atoms with Crippen molar-refractivity contribution in [3.63, 3.8) is 0 Å². The van der Waals surface area contributed by atoms with Crippen molar-refractivity contribution in [2.45, 2.75) is 13.8 Å². The zero-order valence-corrected chi connectivity index (χ0v) is 16.3. The van der Waals surface area contributed by atoms with Crippen LogP contribution in [0.4, 0.5) is 0 Å². The quantitative estimate of drug-likeness (QED) is 0.291. The van der Waals surface area contributed by atoms with Crippen LogP contribution in [0, 0.1) is 13.8 Å². The molecule has 28 heavy (non-hydrogen) atoms. The maximum absolute atomic E-state index is 13.2. The van der Waals surface area contributed by atoms with Crippen LogP contribution in [0.5, 0.6) is 11.5 Å². The number of benzene rings is 3. The van der Waals surface area contributed by atoms with Crippen LogP contribution in [0.1, 0.15) is 21.5 Å². The van der Waals surface area contributed by atoms with E-state index in [0.29, 0.717) is 11.1 Å². The van der Waals surface area contributed by atoms with Crippen LogP contribution in [-0.4, -0.2) is 5.97 Å². The van der Waals surface area contributed by atoms with Gasteiger partial charge in [0.05, 0.1) is 5.56 Å². The molecule has 0 aliphatic rings. The molecule has 144 valence electrons. The molecule has 3 rings (SSSR count). The second-order valence-corrected chi connectivity index (χ2v) is 7.38. The standard InChI is InChI=1S/C21H19O6P/c1-16-10-6-8-14-19(16)25-28(23,26-20-15-9-7-11-17(20)2)27-24-21(22)18-12-4-3-5-13-18/h3-15H,1-2H3. The Morgan fingerprint density at radius 1 is 0.714 bits per heavy atom. The molecular formula is C21H19O6P. The van der Waals surface area contributed by atoms with Gasteiger partial charge in [0.1, 0.15) is 11.5 Å². The van der Waals surface area contributed by atoms with Gasteiger partial charge in [-0.3, -0.25) is 4.89 Å². The first kappa shape index (κ1) is 19.7. The summed E-state index contributed by atoms with van der Waals surface area (Å²) in [5, 5.41) is 0. The zero-order chi connectivity index (χ0) is 20.0. The molecule has 0 fully saturated rings. The largest absolute Gasteiger partial charge is 0.625 e. The van der Waals surface area contributed by atoms with E-state index in [4.69, 9.17) is 18.6 Å². The summed E-state index contributed by atoms with van der Waals surface area (Å²) in [5.41, 5.74) is 1.67. The molecule has 0 saturated heterocycles. The summed E-state index contributed by atoms with van der Waals surface area (Å²) < 4.78 is 29.2. The fourth-order valence-corrected chi connectivity index (χ4v) is 3.46. The first-order chi connectivity index (χ1) is 13.5. The number of carbonyl (C=O) groups is 1. The van der Waals surface area contributed by atoms with Crippen molar-refractivity contribution in [3.05, 3.63) is 95.6 Å². The summed E-state index contributed by atoms with van der Waals surface area (Å²) in [6.45, 7) is 3.56. The minimum Gasteiger partial charge on any atom is -0.393 e. The third-order valence-corrected chi connectivity index (χ3v) is 4.92. The second kappa shape index (κ2) is 8.74. The van der Waals surface area contributed by atoms with E-state index in [1.54, 1.807) is 80.6 Å². The number of phosphoric ester groups is 1. The van der Waals surface area contributed by atoms with E-state index in [9.17, 15) is 9.36 Å². The van der Waals surface area contributed by atoms with Crippen LogP contribution in [-0.2, 0) is 14.1 Å². The minimum atomic E-state index is -4.33. The van der Waals surface area contributed by atoms with Crippen molar-refractivity contribution in [2.24, 2.45) is 0 Å². The number of phosphoric acid groups is 1. The van der Waals surface area contributed by atoms with Crippen molar-refractivity contribution in [3.8, 4) is 11.5 Å². The van der Waals surface area contributed by atoms with Crippen LogP contribution in [0.25, 0.3) is 0 Å². The summed E-state index contributed by atoms with van der Waals surface area (Å²) in [6, 6.07) is 22.0. The van der Waals surface area contributed by atoms with Gasteiger partial charge >= 0.3 is 13.8 Å². The lowest BCUT2D eigenvalue weighted by molar-refractivity contribution is -0.163. The van der Waals surface area contributed by atoms with Gasteiger partial charge < -0.3 is 9.05 Å². The van der Waals surface area contributed by atoms with Crippen LogP contribution in [0.3, 0.4) is 0 Å². The molecule has 0 aliphatic carbocycles. The SMILES string of the molecule is Cc1ccccc1OP(=O)(OOC(=O)c1ccccc1)Oc1ccccc1C. The topological polar surface area (TPSA) is 71.1 Å². The Balaban J connectivity index is 1.83. The molecule has 0 amide bonds.